The number of nitrogens with one attached hydrogen (secondary N) is 1. The third-order valence-corrected chi connectivity index (χ3v) is 6.23. The molecule has 1 aliphatic rings. The van der Waals surface area contributed by atoms with E-state index in [0.717, 1.165) is 48.1 Å². The molecule has 0 unspecified atom stereocenters. The first kappa shape index (κ1) is 24.6. The average Bonchev–Trinajstić information content (AvgIpc) is 2.85. The second kappa shape index (κ2) is 12.3. The van der Waals surface area contributed by atoms with Crippen LogP contribution in [0.5, 0.6) is 5.75 Å². The standard InChI is InChI=1S/C27H35N3O3/c1-4-30(5-2)27(31)33-25-13-11-24(12-14-25)29-19-23-17-22(10-15-26(23)32-6-3)21-9-7-8-20(16-21)18-28/h7-10,15-17,24-25,29H,4-6,11-14,19H2,1-3H3. The summed E-state index contributed by atoms with van der Waals surface area (Å²) in [7, 11) is 0. The minimum Gasteiger partial charge on any atom is -0.494 e. The van der Waals surface area contributed by atoms with Crippen LogP contribution in [0.1, 0.15) is 57.6 Å². The van der Waals surface area contributed by atoms with Gasteiger partial charge in [-0.1, -0.05) is 18.2 Å². The van der Waals surface area contributed by atoms with E-state index in [4.69, 9.17) is 9.47 Å². The third-order valence-electron chi connectivity index (χ3n) is 6.23. The smallest absolute Gasteiger partial charge is 0.410 e. The summed E-state index contributed by atoms with van der Waals surface area (Å²) in [6.07, 6.45) is 3.52. The first-order valence-electron chi connectivity index (χ1n) is 12.0. The van der Waals surface area contributed by atoms with Crippen molar-refractivity contribution in [1.82, 2.24) is 10.2 Å². The quantitative estimate of drug-likeness (QED) is 0.547. The molecule has 0 saturated heterocycles. The summed E-state index contributed by atoms with van der Waals surface area (Å²) in [6, 6.07) is 16.4. The van der Waals surface area contributed by atoms with E-state index in [-0.39, 0.29) is 12.2 Å². The molecule has 176 valence electrons. The van der Waals surface area contributed by atoms with Crippen molar-refractivity contribution in [3.63, 3.8) is 0 Å². The molecule has 3 rings (SSSR count). The maximum Gasteiger partial charge on any atom is 0.410 e. The lowest BCUT2D eigenvalue weighted by Crippen LogP contribution is -2.38. The molecule has 0 heterocycles. The van der Waals surface area contributed by atoms with Crippen LogP contribution in [0.4, 0.5) is 4.79 Å². The number of hydrogen-bond donors (Lipinski definition) is 1. The lowest BCUT2D eigenvalue weighted by molar-refractivity contribution is 0.0432. The number of carbonyl (C=O) groups is 1. The molecule has 2 aromatic rings. The van der Waals surface area contributed by atoms with Crippen LogP contribution in [0.3, 0.4) is 0 Å². The summed E-state index contributed by atoms with van der Waals surface area (Å²) in [6.45, 7) is 8.59. The van der Waals surface area contributed by atoms with E-state index in [1.54, 1.807) is 4.90 Å². The number of hydrogen-bond acceptors (Lipinski definition) is 5. The van der Waals surface area contributed by atoms with Gasteiger partial charge in [0.05, 0.1) is 18.2 Å². The predicted octanol–water partition coefficient (Wildman–Crippen LogP) is 5.50. The van der Waals surface area contributed by atoms with E-state index in [9.17, 15) is 10.1 Å². The highest BCUT2D eigenvalue weighted by atomic mass is 16.6. The Morgan fingerprint density at radius 3 is 2.45 bits per heavy atom. The van der Waals surface area contributed by atoms with Gasteiger partial charge in [0.1, 0.15) is 11.9 Å². The number of ether oxygens (including phenoxy) is 2. The van der Waals surface area contributed by atoms with Crippen molar-refractivity contribution in [3.05, 3.63) is 53.6 Å². The van der Waals surface area contributed by atoms with Crippen molar-refractivity contribution in [1.29, 1.82) is 5.26 Å². The molecular formula is C27H35N3O3. The summed E-state index contributed by atoms with van der Waals surface area (Å²) in [4.78, 5) is 13.9. The predicted molar refractivity (Wildman–Crippen MR) is 130 cm³/mol. The van der Waals surface area contributed by atoms with Gasteiger partial charge in [0.2, 0.25) is 0 Å². The van der Waals surface area contributed by atoms with Crippen molar-refractivity contribution in [3.8, 4) is 22.9 Å². The highest BCUT2D eigenvalue weighted by Gasteiger charge is 2.25. The summed E-state index contributed by atoms with van der Waals surface area (Å²) in [5, 5.41) is 12.9. The Labute approximate surface area is 197 Å². The van der Waals surface area contributed by atoms with Crippen LogP contribution in [0.15, 0.2) is 42.5 Å². The highest BCUT2D eigenvalue weighted by Crippen LogP contribution is 2.28. The second-order valence-corrected chi connectivity index (χ2v) is 8.36. The van der Waals surface area contributed by atoms with E-state index < -0.39 is 0 Å². The minimum atomic E-state index is -0.199. The molecule has 1 N–H and O–H groups in total. The highest BCUT2D eigenvalue weighted by molar-refractivity contribution is 5.68. The van der Waals surface area contributed by atoms with E-state index in [0.29, 0.717) is 37.8 Å². The minimum absolute atomic E-state index is 0.00544. The van der Waals surface area contributed by atoms with Crippen molar-refractivity contribution in [2.75, 3.05) is 19.7 Å². The van der Waals surface area contributed by atoms with Crippen LogP contribution < -0.4 is 10.1 Å². The summed E-state index contributed by atoms with van der Waals surface area (Å²) in [5.41, 5.74) is 3.85. The third kappa shape index (κ3) is 6.72. The van der Waals surface area contributed by atoms with Crippen LogP contribution in [-0.2, 0) is 11.3 Å². The number of nitrogens with zero attached hydrogens (tertiary/aromatic N) is 2. The van der Waals surface area contributed by atoms with Gasteiger partial charge in [-0.3, -0.25) is 0 Å². The topological polar surface area (TPSA) is 74.6 Å². The normalized spacial score (nSPS) is 17.8. The molecule has 0 atom stereocenters. The van der Waals surface area contributed by atoms with Crippen LogP contribution in [0.25, 0.3) is 11.1 Å². The van der Waals surface area contributed by atoms with E-state index >= 15 is 0 Å². The molecule has 6 nitrogen and oxygen atoms in total. The van der Waals surface area contributed by atoms with Crippen LogP contribution in [0, 0.1) is 11.3 Å². The number of nitriles is 1. The summed E-state index contributed by atoms with van der Waals surface area (Å²) < 4.78 is 11.6. The zero-order valence-electron chi connectivity index (χ0n) is 20.0. The van der Waals surface area contributed by atoms with Gasteiger partial charge in [0.25, 0.3) is 0 Å². The number of rotatable bonds is 9. The molecule has 6 heteroatoms. The maximum absolute atomic E-state index is 12.2. The summed E-state index contributed by atoms with van der Waals surface area (Å²) >= 11 is 0. The molecule has 0 aliphatic heterocycles. The van der Waals surface area contributed by atoms with E-state index in [1.807, 2.05) is 57.2 Å². The largest absolute Gasteiger partial charge is 0.494 e. The van der Waals surface area contributed by atoms with Crippen LogP contribution >= 0.6 is 0 Å². The van der Waals surface area contributed by atoms with Gasteiger partial charge in [-0.15, -0.1) is 0 Å². The van der Waals surface area contributed by atoms with Crippen molar-refractivity contribution in [2.45, 2.75) is 65.1 Å². The lowest BCUT2D eigenvalue weighted by atomic mass is 9.92. The Kier molecular flexibility index (Phi) is 9.14. The number of carbonyl (C=O) groups excluding carboxylic acids is 1. The Morgan fingerprint density at radius 1 is 1.06 bits per heavy atom. The van der Waals surface area contributed by atoms with Gasteiger partial charge in [-0.2, -0.15) is 5.26 Å². The lowest BCUT2D eigenvalue weighted by Gasteiger charge is -2.30. The SMILES string of the molecule is CCOc1ccc(-c2cccc(C#N)c2)cc1CNC1CCC(OC(=O)N(CC)CC)CC1. The van der Waals surface area contributed by atoms with Crippen molar-refractivity contribution >= 4 is 6.09 Å². The van der Waals surface area contributed by atoms with Gasteiger partial charge in [-0.05, 0) is 81.8 Å². The molecule has 1 fully saturated rings. The van der Waals surface area contributed by atoms with Gasteiger partial charge in [0, 0.05) is 31.2 Å². The first-order chi connectivity index (χ1) is 16.1. The van der Waals surface area contributed by atoms with E-state index in [2.05, 4.69) is 17.5 Å². The zero-order chi connectivity index (χ0) is 23.6. The molecule has 1 amide bonds. The molecule has 0 aromatic heterocycles. The molecule has 0 radical (unpaired) electrons. The second-order valence-electron chi connectivity index (χ2n) is 8.36. The Bertz CT molecular complexity index is 957. The van der Waals surface area contributed by atoms with Gasteiger partial charge in [0.15, 0.2) is 0 Å². The fraction of sp³-hybridized carbons (Fsp3) is 0.481. The Hall–Kier alpha value is -3.04. The number of benzene rings is 2. The maximum atomic E-state index is 12.2. The monoisotopic (exact) mass is 449 g/mol. The summed E-state index contributed by atoms with van der Waals surface area (Å²) in [5.74, 6) is 0.882. The molecule has 1 saturated carbocycles. The van der Waals surface area contributed by atoms with Gasteiger partial charge >= 0.3 is 6.09 Å². The molecule has 0 bridgehead atoms. The first-order valence-corrected chi connectivity index (χ1v) is 12.0. The van der Waals surface area contributed by atoms with Crippen molar-refractivity contribution in [2.24, 2.45) is 0 Å². The van der Waals surface area contributed by atoms with Crippen LogP contribution in [0.2, 0.25) is 0 Å². The van der Waals surface area contributed by atoms with Gasteiger partial charge in [-0.25, -0.2) is 4.79 Å². The van der Waals surface area contributed by atoms with E-state index in [1.165, 1.54) is 0 Å². The van der Waals surface area contributed by atoms with Crippen LogP contribution in [-0.4, -0.2) is 42.8 Å². The molecule has 2 aromatic carbocycles. The Balaban J connectivity index is 1.60. The fourth-order valence-corrected chi connectivity index (χ4v) is 4.30. The average molecular weight is 450 g/mol. The van der Waals surface area contributed by atoms with Gasteiger partial charge < -0.3 is 19.7 Å². The molecule has 33 heavy (non-hydrogen) atoms. The zero-order valence-corrected chi connectivity index (χ0v) is 20.0. The molecule has 0 spiro atoms. The number of amides is 1. The van der Waals surface area contributed by atoms with Crippen molar-refractivity contribution < 1.29 is 14.3 Å². The molecule has 1 aliphatic carbocycles. The Morgan fingerprint density at radius 2 is 1.79 bits per heavy atom. The fourth-order valence-electron chi connectivity index (χ4n) is 4.30. The molecular weight excluding hydrogens is 414 g/mol.